The fraction of sp³-hybridized carbons (Fsp3) is 0.563. The molecule has 0 spiro atoms. The number of aliphatic carboxylic acids is 3. The molecule has 2 aliphatic rings. The summed E-state index contributed by atoms with van der Waals surface area (Å²) in [5.41, 5.74) is 4.69. The maximum Gasteiger partial charge on any atom is 0.305 e. The predicted molar refractivity (Wildman–Crippen MR) is 476 cm³/mol. The van der Waals surface area contributed by atoms with Gasteiger partial charge in [-0.3, -0.25) is 101 Å². The molecule has 46 nitrogen and oxygen atoms in total. The van der Waals surface area contributed by atoms with E-state index in [1.165, 1.54) is 67.6 Å². The van der Waals surface area contributed by atoms with Gasteiger partial charge in [0.2, 0.25) is 94.5 Å². The van der Waals surface area contributed by atoms with Crippen molar-refractivity contribution in [3.8, 4) is 11.5 Å². The van der Waals surface area contributed by atoms with Crippen molar-refractivity contribution in [2.24, 2.45) is 23.0 Å². The summed E-state index contributed by atoms with van der Waals surface area (Å²) in [6, 6.07) is -4.56. The molecule has 17 amide bonds. The summed E-state index contributed by atoms with van der Waals surface area (Å²) < 4.78 is 0. The number of aromatic hydroxyl groups is 2. The minimum Gasteiger partial charge on any atom is -0.508 e. The van der Waals surface area contributed by atoms with E-state index in [0.29, 0.717) is 56.2 Å². The Kier molecular flexibility index (Phi) is 46.2. The van der Waals surface area contributed by atoms with E-state index in [2.05, 4.69) is 79.8 Å². The van der Waals surface area contributed by atoms with Crippen molar-refractivity contribution in [2.45, 2.75) is 248 Å². The predicted octanol–water partition coefficient (Wildman–Crippen LogP) is -4.89. The Labute approximate surface area is 776 Å². The highest BCUT2D eigenvalue weighted by atomic mass is 32.2. The molecule has 5 rings (SSSR count). The lowest BCUT2D eigenvalue weighted by Crippen LogP contribution is -2.63. The van der Waals surface area contributed by atoms with Crippen molar-refractivity contribution < 1.29 is 142 Å². The lowest BCUT2D eigenvalue weighted by atomic mass is 9.72. The molecule has 0 bridgehead atoms. The van der Waals surface area contributed by atoms with Crippen molar-refractivity contribution >= 4 is 129 Å². The number of imide groups is 1. The number of nitrogens with zero attached hydrogens (tertiary/aromatic N) is 1. The molecule has 26 N–H and O–H groups in total. The average Bonchev–Trinajstić information content (AvgIpc) is 0.816. The molecule has 0 aromatic heterocycles. The van der Waals surface area contributed by atoms with Crippen molar-refractivity contribution in [3.63, 3.8) is 0 Å². The molecule has 0 unspecified atom stereocenters. The Morgan fingerprint density at radius 3 is 1.32 bits per heavy atom. The number of nitrogens with one attached hydrogen (secondary N) is 15. The number of amides is 17. The summed E-state index contributed by atoms with van der Waals surface area (Å²) in [7, 11) is 0. The van der Waals surface area contributed by atoms with E-state index < -0.39 is 278 Å². The second-order valence-electron chi connectivity index (χ2n) is 33.4. The van der Waals surface area contributed by atoms with Gasteiger partial charge in [0.25, 0.3) is 5.24 Å². The van der Waals surface area contributed by atoms with Crippen LogP contribution < -0.4 is 85.5 Å². The topological polar surface area (TPSA) is 733 Å². The summed E-state index contributed by atoms with van der Waals surface area (Å²) in [6.45, 7) is 6.70. The standard InChI is InChI=1S/C87H125N17O29S/c1-8-46(4)69(81(128)96-58(38-52-22-26-54(110)27-23-52)75(122)92-56(35-45(2)3)74(121)94-60(39-67(115)116)73(120)91-47(5)17-13-16-32-88)102-80(127)63(43-106)98-76(123)57(37-51-20-24-53(109)25-21-51)93-77(124)61(40-68(117)118)95-79(126)62(42-105)99-83(130)71(49(7)108)103-78(125)59(36-50-18-11-9-12-19-50)97-82(129)70(48(6)107)101-64(111)41-90-72(119)55(28-29-66(113)114)100-85(132)87(30-14-10-15-31-87)84(131)89-33-34-104-65(112)44-134-86(104)133/h9,11-12,18-27,45-49,55-63,69-71,105-110H,8,10,13-17,28-44,88H2,1-7H3,(H,89,131)(H,90,119)(H,91,120)(H,92,122)(H,93,124)(H,94,121)(H,95,126)(H,96,128)(H,97,129)(H,98,123)(H,99,130)(H,100,132)(H,101,111)(H,102,127)(H,103,125)(H,113,114)(H,115,116)(H,117,118)/t46-,47+,48+,49+,55-,56-,57-,58-,59-,60-,61-,62-,63-,69-,70-,71-/m0/s1. The molecule has 738 valence electrons. The fourth-order valence-corrected chi connectivity index (χ4v) is 15.1. The highest BCUT2D eigenvalue weighted by Crippen LogP contribution is 2.37. The molecule has 1 heterocycles. The molecule has 1 aliphatic carbocycles. The minimum absolute atomic E-state index is 0.00263. The van der Waals surface area contributed by atoms with Gasteiger partial charge >= 0.3 is 17.9 Å². The third-order valence-electron chi connectivity index (χ3n) is 22.1. The van der Waals surface area contributed by atoms with Crippen LogP contribution in [0.2, 0.25) is 0 Å². The van der Waals surface area contributed by atoms with Gasteiger partial charge in [-0.05, 0) is 119 Å². The zero-order chi connectivity index (χ0) is 99.8. The Bertz CT molecular complexity index is 4570. The monoisotopic (exact) mass is 1900 g/mol. The molecule has 3 aromatic carbocycles. The number of unbranched alkanes of at least 4 members (excludes halogenated alkanes) is 1. The van der Waals surface area contributed by atoms with Crippen LogP contribution in [0.15, 0.2) is 78.9 Å². The number of phenols is 2. The first kappa shape index (κ1) is 112. The Morgan fingerprint density at radius 2 is 0.858 bits per heavy atom. The van der Waals surface area contributed by atoms with Crippen LogP contribution in [0.5, 0.6) is 11.5 Å². The molecule has 2 fully saturated rings. The first-order chi connectivity index (χ1) is 63.3. The maximum absolute atomic E-state index is 14.7. The molecule has 1 saturated carbocycles. The van der Waals surface area contributed by atoms with E-state index in [4.69, 9.17) is 5.73 Å². The van der Waals surface area contributed by atoms with Crippen LogP contribution >= 0.6 is 11.8 Å². The van der Waals surface area contributed by atoms with Gasteiger partial charge in [-0.15, -0.1) is 0 Å². The first-order valence-corrected chi connectivity index (χ1v) is 44.8. The third-order valence-corrected chi connectivity index (χ3v) is 22.9. The van der Waals surface area contributed by atoms with E-state index >= 15 is 0 Å². The lowest BCUT2D eigenvalue weighted by Gasteiger charge is -2.35. The zero-order valence-corrected chi connectivity index (χ0v) is 76.2. The maximum atomic E-state index is 14.7. The number of hydrogen-bond donors (Lipinski definition) is 25. The molecule has 16 atom stereocenters. The number of carbonyl (C=O) groups excluding carboxylic acids is 17. The van der Waals surface area contributed by atoms with Gasteiger partial charge in [-0.2, -0.15) is 0 Å². The first-order valence-electron chi connectivity index (χ1n) is 43.8. The number of carbonyl (C=O) groups is 20. The fourth-order valence-electron chi connectivity index (χ4n) is 14.4. The van der Waals surface area contributed by atoms with Gasteiger partial charge in [0.15, 0.2) is 0 Å². The third kappa shape index (κ3) is 36.5. The second kappa shape index (κ2) is 55.5. The molecular formula is C87H125N17O29S. The number of hydrogen-bond acceptors (Lipinski definition) is 28. The van der Waals surface area contributed by atoms with Crippen LogP contribution in [0.1, 0.15) is 155 Å². The number of phenolic OH excluding ortho intramolecular Hbond substituents is 2. The number of rotatable bonds is 57. The summed E-state index contributed by atoms with van der Waals surface area (Å²) in [4.78, 5) is 274. The number of aliphatic hydroxyl groups excluding tert-OH is 4. The second-order valence-corrected chi connectivity index (χ2v) is 34.3. The Hall–Kier alpha value is -13.0. The van der Waals surface area contributed by atoms with Gasteiger partial charge in [-0.1, -0.05) is 126 Å². The van der Waals surface area contributed by atoms with E-state index in [1.54, 1.807) is 45.9 Å². The summed E-state index contributed by atoms with van der Waals surface area (Å²) in [6.07, 6.45) is -5.19. The number of thioether (sulfide) groups is 1. The van der Waals surface area contributed by atoms with Crippen LogP contribution in [-0.4, -0.2) is 304 Å². The zero-order valence-electron chi connectivity index (χ0n) is 75.4. The lowest BCUT2D eigenvalue weighted by molar-refractivity contribution is -0.148. The van der Waals surface area contributed by atoms with Crippen LogP contribution in [0.25, 0.3) is 0 Å². The van der Waals surface area contributed by atoms with Gasteiger partial charge < -0.3 is 131 Å². The number of benzene rings is 3. The number of carboxylic acids is 3. The quantitative estimate of drug-likeness (QED) is 0.0186. The highest BCUT2D eigenvalue weighted by Gasteiger charge is 2.48. The Morgan fingerprint density at radius 1 is 0.440 bits per heavy atom. The Balaban J connectivity index is 1.32. The smallest absolute Gasteiger partial charge is 0.305 e. The molecule has 134 heavy (non-hydrogen) atoms. The van der Waals surface area contributed by atoms with E-state index in [-0.39, 0.29) is 73.9 Å². The van der Waals surface area contributed by atoms with Crippen LogP contribution in [0, 0.1) is 17.3 Å². The number of carboxylic acid groups (broad SMARTS) is 3. The molecule has 3 aromatic rings. The molecule has 0 radical (unpaired) electrons. The highest BCUT2D eigenvalue weighted by molar-refractivity contribution is 8.14. The minimum atomic E-state index is -2.23. The van der Waals surface area contributed by atoms with Crippen LogP contribution in [-0.2, 0) is 110 Å². The molecular weight excluding hydrogens is 1780 g/mol. The van der Waals surface area contributed by atoms with E-state index in [0.717, 1.165) is 30.5 Å². The summed E-state index contributed by atoms with van der Waals surface area (Å²) in [5.74, 6) is -24.1. The van der Waals surface area contributed by atoms with Gasteiger partial charge in [-0.25, -0.2) is 0 Å². The van der Waals surface area contributed by atoms with E-state index in [9.17, 15) is 142 Å². The van der Waals surface area contributed by atoms with Crippen LogP contribution in [0.4, 0.5) is 4.79 Å². The average molecular weight is 1910 g/mol. The van der Waals surface area contributed by atoms with Crippen molar-refractivity contribution in [2.75, 3.05) is 45.1 Å². The largest absolute Gasteiger partial charge is 0.508 e. The van der Waals surface area contributed by atoms with Crippen LogP contribution in [0.3, 0.4) is 0 Å². The number of aliphatic hydroxyl groups is 4. The van der Waals surface area contributed by atoms with E-state index in [1.807, 2.05) is 0 Å². The summed E-state index contributed by atoms with van der Waals surface area (Å²) >= 11 is 0.781. The van der Waals surface area contributed by atoms with Gasteiger partial charge in [0, 0.05) is 44.8 Å². The normalized spacial score (nSPS) is 16.4. The molecule has 1 aliphatic heterocycles. The van der Waals surface area contributed by atoms with Crippen molar-refractivity contribution in [1.29, 1.82) is 0 Å². The molecule has 47 heteroatoms. The number of nitrogens with two attached hydrogens (primary N) is 1. The van der Waals surface area contributed by atoms with Crippen molar-refractivity contribution in [1.82, 2.24) is 84.7 Å². The van der Waals surface area contributed by atoms with Crippen molar-refractivity contribution in [3.05, 3.63) is 95.6 Å². The SMILES string of the molecule is CC[C@H](C)[C@H](NC(=O)[C@H](CO)NC(=O)[C@H](Cc1ccc(O)cc1)NC(=O)[C@H](CC(=O)O)NC(=O)[C@H](CO)NC(=O)[C@@H](NC(=O)[C@H](Cc1ccccc1)NC(=O)[C@@H](NC(=O)CNC(=O)[C@H](CCC(=O)O)NC(=O)C1(C(=O)NCCN2C(=O)CSC2=O)CCCCC1)[C@@H](C)O)[C@@H](C)O)C(=O)N[C@@H](Cc1ccc(O)cc1)C(=O)N[C@@H](CC(C)C)C(=O)N[C@@H](CC(=O)O)C(=O)N[C@H](C)CCCCN. The summed E-state index contributed by atoms with van der Waals surface area (Å²) in [5, 5.41) is 128. The van der Waals surface area contributed by atoms with Gasteiger partial charge in [0.05, 0.1) is 50.6 Å². The molecule has 1 saturated heterocycles. The van der Waals surface area contributed by atoms with Gasteiger partial charge in [0.1, 0.15) is 89.4 Å².